The average Bonchev–Trinajstić information content (AvgIpc) is 2.62. The molecule has 0 bridgehead atoms. The molecule has 0 unspecified atom stereocenters. The highest BCUT2D eigenvalue weighted by Gasteiger charge is 2.17. The zero-order valence-electron chi connectivity index (χ0n) is 12.9. The quantitative estimate of drug-likeness (QED) is 0.697. The number of carbonyl (C=O) groups is 1. The second-order valence-electron chi connectivity index (χ2n) is 5.73. The average molecular weight is 341 g/mol. The van der Waals surface area contributed by atoms with Gasteiger partial charge in [0, 0.05) is 10.6 Å². The Morgan fingerprint density at radius 3 is 2.50 bits per heavy atom. The molecule has 3 rings (SSSR count). The fourth-order valence-corrected chi connectivity index (χ4v) is 2.89. The van der Waals surface area contributed by atoms with Gasteiger partial charge in [0.15, 0.2) is 5.78 Å². The van der Waals surface area contributed by atoms with E-state index in [4.69, 9.17) is 16.7 Å². The predicted octanol–water partition coefficient (Wildman–Crippen LogP) is 3.62. The molecule has 2 N–H and O–H groups in total. The number of benzene rings is 3. The summed E-state index contributed by atoms with van der Waals surface area (Å²) in [6.07, 6.45) is -0.820. The summed E-state index contributed by atoms with van der Waals surface area (Å²) in [5, 5.41) is 21.3. The van der Waals surface area contributed by atoms with Crippen molar-refractivity contribution >= 4 is 28.2 Å². The molecule has 3 aromatic carbocycles. The Bertz CT molecular complexity index is 889. The molecule has 3 aromatic rings. The largest absolute Gasteiger partial charge is 0.393 e. The van der Waals surface area contributed by atoms with Crippen LogP contribution in [0.1, 0.15) is 21.5 Å². The van der Waals surface area contributed by atoms with Crippen LogP contribution < -0.4 is 0 Å². The number of hydrogen-bond acceptors (Lipinski definition) is 3. The van der Waals surface area contributed by atoms with Crippen LogP contribution in [0.25, 0.3) is 10.8 Å². The van der Waals surface area contributed by atoms with E-state index < -0.39 is 18.5 Å². The maximum atomic E-state index is 12.0. The third kappa shape index (κ3) is 3.49. The molecule has 0 aliphatic rings. The van der Waals surface area contributed by atoms with E-state index in [2.05, 4.69) is 24.3 Å². The van der Waals surface area contributed by atoms with Gasteiger partial charge >= 0.3 is 0 Å². The van der Waals surface area contributed by atoms with Crippen LogP contribution >= 0.6 is 11.6 Å². The molecule has 0 saturated heterocycles. The number of fused-ring (bicyclic) bond motifs is 1. The van der Waals surface area contributed by atoms with Gasteiger partial charge in [0.25, 0.3) is 0 Å². The summed E-state index contributed by atoms with van der Waals surface area (Å²) in [7, 11) is 0. The maximum absolute atomic E-state index is 12.0. The lowest BCUT2D eigenvalue weighted by atomic mass is 9.98. The number of halogens is 1. The Balaban J connectivity index is 1.92. The molecule has 1 atom stereocenters. The molecule has 0 heterocycles. The van der Waals surface area contributed by atoms with Crippen molar-refractivity contribution in [1.82, 2.24) is 0 Å². The fourth-order valence-electron chi connectivity index (χ4n) is 2.71. The van der Waals surface area contributed by atoms with Crippen LogP contribution in [0.2, 0.25) is 5.02 Å². The van der Waals surface area contributed by atoms with E-state index >= 15 is 0 Å². The zero-order chi connectivity index (χ0) is 17.1. The van der Waals surface area contributed by atoms with Crippen molar-refractivity contribution < 1.29 is 15.0 Å². The van der Waals surface area contributed by atoms with Gasteiger partial charge in [-0.2, -0.15) is 0 Å². The lowest BCUT2D eigenvalue weighted by Crippen LogP contribution is -2.24. The number of carbonyl (C=O) groups excluding carboxylic acids is 1. The minimum absolute atomic E-state index is 0.344. The van der Waals surface area contributed by atoms with E-state index in [1.54, 1.807) is 18.2 Å². The molecule has 0 amide bonds. The van der Waals surface area contributed by atoms with Crippen molar-refractivity contribution in [3.8, 4) is 0 Å². The maximum Gasteiger partial charge on any atom is 0.193 e. The van der Waals surface area contributed by atoms with Gasteiger partial charge in [0.1, 0.15) is 6.10 Å². The van der Waals surface area contributed by atoms with E-state index in [0.29, 0.717) is 17.0 Å². The van der Waals surface area contributed by atoms with Crippen molar-refractivity contribution in [3.05, 3.63) is 82.4 Å². The number of aliphatic hydroxyl groups excluding tert-OH is 2. The molecular weight excluding hydrogens is 324 g/mol. The zero-order valence-corrected chi connectivity index (χ0v) is 13.7. The molecule has 24 heavy (non-hydrogen) atoms. The topological polar surface area (TPSA) is 57.5 Å². The second kappa shape index (κ2) is 7.14. The first-order valence-electron chi connectivity index (χ1n) is 7.67. The molecular formula is C20H17ClO3. The van der Waals surface area contributed by atoms with Gasteiger partial charge in [0.2, 0.25) is 0 Å². The van der Waals surface area contributed by atoms with Gasteiger partial charge in [-0.15, -0.1) is 0 Å². The highest BCUT2D eigenvalue weighted by Crippen LogP contribution is 2.24. The van der Waals surface area contributed by atoms with E-state index in [-0.39, 0.29) is 0 Å². The normalized spacial score (nSPS) is 12.3. The van der Waals surface area contributed by atoms with Gasteiger partial charge in [-0.1, -0.05) is 54.1 Å². The van der Waals surface area contributed by atoms with Crippen LogP contribution in [0, 0.1) is 0 Å². The van der Waals surface area contributed by atoms with Gasteiger partial charge in [-0.25, -0.2) is 0 Å². The highest BCUT2D eigenvalue weighted by molar-refractivity contribution is 6.31. The summed E-state index contributed by atoms with van der Waals surface area (Å²) in [6.45, 7) is -0.596. The smallest absolute Gasteiger partial charge is 0.193 e. The second-order valence-corrected chi connectivity index (χ2v) is 6.13. The predicted molar refractivity (Wildman–Crippen MR) is 95.6 cm³/mol. The van der Waals surface area contributed by atoms with Crippen molar-refractivity contribution in [2.45, 2.75) is 12.5 Å². The summed E-state index contributed by atoms with van der Waals surface area (Å²) >= 11 is 6.26. The third-order valence-corrected chi connectivity index (χ3v) is 4.38. The number of aliphatic hydroxyl groups is 2. The first-order chi connectivity index (χ1) is 11.6. The van der Waals surface area contributed by atoms with Crippen molar-refractivity contribution in [3.63, 3.8) is 0 Å². The van der Waals surface area contributed by atoms with Crippen LogP contribution in [0.15, 0.2) is 60.7 Å². The first kappa shape index (κ1) is 16.7. The lowest BCUT2D eigenvalue weighted by molar-refractivity contribution is 0.0587. The minimum Gasteiger partial charge on any atom is -0.393 e. The monoisotopic (exact) mass is 340 g/mol. The first-order valence-corrected chi connectivity index (χ1v) is 8.05. The summed E-state index contributed by atoms with van der Waals surface area (Å²) in [6, 6.07) is 19.2. The highest BCUT2D eigenvalue weighted by atomic mass is 35.5. The Morgan fingerprint density at radius 1 is 1.00 bits per heavy atom. The summed E-state index contributed by atoms with van der Waals surface area (Å²) < 4.78 is 0. The molecule has 0 saturated carbocycles. The van der Waals surface area contributed by atoms with E-state index in [0.717, 1.165) is 16.5 Å². The Morgan fingerprint density at radius 2 is 1.75 bits per heavy atom. The molecule has 0 aromatic heterocycles. The molecule has 0 spiro atoms. The van der Waals surface area contributed by atoms with Crippen molar-refractivity contribution in [2.24, 2.45) is 0 Å². The number of hydrogen-bond donors (Lipinski definition) is 2. The third-order valence-electron chi connectivity index (χ3n) is 4.01. The van der Waals surface area contributed by atoms with E-state index in [1.807, 2.05) is 18.2 Å². The summed E-state index contributed by atoms with van der Waals surface area (Å²) in [5.74, 6) is -0.506. The van der Waals surface area contributed by atoms with Gasteiger partial charge in [-0.05, 0) is 46.5 Å². The summed E-state index contributed by atoms with van der Waals surface area (Å²) in [4.78, 5) is 12.0. The number of ketones is 1. The van der Waals surface area contributed by atoms with Crippen LogP contribution in [0.3, 0.4) is 0 Å². The summed E-state index contributed by atoms with van der Waals surface area (Å²) in [5.41, 5.74) is 2.24. The molecule has 0 radical (unpaired) electrons. The van der Waals surface area contributed by atoms with E-state index in [1.165, 1.54) is 5.39 Å². The fraction of sp³-hybridized carbons (Fsp3) is 0.150. The van der Waals surface area contributed by atoms with Crippen LogP contribution in [-0.4, -0.2) is 28.7 Å². The minimum atomic E-state index is -1.40. The molecule has 0 aliphatic heterocycles. The Hall–Kier alpha value is -2.20. The Labute approximate surface area is 145 Å². The SMILES string of the molecule is O=C(c1ccc(Cl)c(Cc2ccc3ccccc3c2)c1)[C@H](O)CO. The molecule has 3 nitrogen and oxygen atoms in total. The van der Waals surface area contributed by atoms with Gasteiger partial charge in [-0.3, -0.25) is 4.79 Å². The van der Waals surface area contributed by atoms with Crippen LogP contribution in [0.4, 0.5) is 0 Å². The van der Waals surface area contributed by atoms with Crippen molar-refractivity contribution in [2.75, 3.05) is 6.61 Å². The standard InChI is InChI=1S/C20H17ClO3/c21-18-8-7-16(20(24)19(23)12-22)11-17(18)10-13-5-6-14-3-1-2-4-15(14)9-13/h1-9,11,19,22-23H,10,12H2/t19-/m1/s1. The molecule has 122 valence electrons. The van der Waals surface area contributed by atoms with E-state index in [9.17, 15) is 9.90 Å². The van der Waals surface area contributed by atoms with Crippen LogP contribution in [0.5, 0.6) is 0 Å². The lowest BCUT2D eigenvalue weighted by Gasteiger charge is -2.10. The molecule has 0 aliphatic carbocycles. The van der Waals surface area contributed by atoms with Gasteiger partial charge in [0.05, 0.1) is 6.61 Å². The van der Waals surface area contributed by atoms with Crippen molar-refractivity contribution in [1.29, 1.82) is 0 Å². The number of rotatable bonds is 5. The van der Waals surface area contributed by atoms with Gasteiger partial charge < -0.3 is 10.2 Å². The molecule has 4 heteroatoms. The number of Topliss-reactive ketones (excluding diaryl/α,β-unsaturated/α-hetero) is 1. The molecule has 0 fully saturated rings. The Kier molecular flexibility index (Phi) is 4.95. The van der Waals surface area contributed by atoms with Crippen LogP contribution in [-0.2, 0) is 6.42 Å².